The van der Waals surface area contributed by atoms with Crippen LogP contribution in [-0.2, 0) is 21.1 Å². The Morgan fingerprint density at radius 3 is 1.95 bits per heavy atom. The van der Waals surface area contributed by atoms with Crippen molar-refractivity contribution in [3.8, 4) is 11.9 Å². The van der Waals surface area contributed by atoms with Gasteiger partial charge in [-0.3, -0.25) is 10.2 Å². The number of carbonyl (C=O) groups is 1. The molecule has 0 saturated heterocycles. The van der Waals surface area contributed by atoms with E-state index >= 15 is 0 Å². The Morgan fingerprint density at radius 2 is 1.77 bits per heavy atom. The molecule has 0 atom stereocenters. The predicted octanol–water partition coefficient (Wildman–Crippen LogP) is -3.15. The van der Waals surface area contributed by atoms with Crippen LogP contribution in [0.5, 0.6) is 11.9 Å². The molecule has 1 aromatic heterocycles. The van der Waals surface area contributed by atoms with Crippen LogP contribution in [0.3, 0.4) is 0 Å². The van der Waals surface area contributed by atoms with Gasteiger partial charge in [0, 0.05) is 19.0 Å². The van der Waals surface area contributed by atoms with E-state index < -0.39 is 23.7 Å². The third kappa shape index (κ3) is 26.4. The molecule has 1 rings (SSSR count). The van der Waals surface area contributed by atoms with Crippen molar-refractivity contribution in [3.05, 3.63) is 16.9 Å². The van der Waals surface area contributed by atoms with Crippen LogP contribution in [0.4, 0.5) is 9.18 Å². The van der Waals surface area contributed by atoms with Gasteiger partial charge in [-0.15, -0.1) is 4.91 Å². The quantitative estimate of drug-likeness (QED) is 0.127. The molecular weight excluding hydrogens is 492 g/mol. The number of nitrogens with zero attached hydrogens (tertiary/aromatic N) is 3. The summed E-state index contributed by atoms with van der Waals surface area (Å²) >= 11 is 0. The maximum Gasteiger partial charge on any atom is 2.00 e. The smallest absolute Gasteiger partial charge is 0.857 e. The summed E-state index contributed by atoms with van der Waals surface area (Å²) in [6.45, 7) is 1.19. The molecular formula is C7H14FN7O6Pt. The van der Waals surface area contributed by atoms with Crippen molar-refractivity contribution >= 4 is 6.03 Å². The number of hydrogen-bond donors (Lipinski definition) is 6. The molecule has 13 nitrogen and oxygen atoms in total. The average Bonchev–Trinajstić information content (AvgIpc) is 2.45. The molecule has 0 aromatic carbocycles. The van der Waals surface area contributed by atoms with Crippen LogP contribution in [0, 0.1) is 10.7 Å². The van der Waals surface area contributed by atoms with E-state index in [2.05, 4.69) is 15.7 Å². The summed E-state index contributed by atoms with van der Waals surface area (Å²) in [5.74, 6) is -2.26. The molecule has 0 fully saturated rings. The molecule has 0 bridgehead atoms. The number of hydrogen-bond acceptors (Lipinski definition) is 10. The molecule has 9 N–H and O–H groups in total. The minimum atomic E-state index is -1.16. The Labute approximate surface area is 137 Å². The van der Waals surface area contributed by atoms with Gasteiger partial charge < -0.3 is 32.6 Å². The Bertz CT molecular complexity index is 400. The van der Waals surface area contributed by atoms with Crippen LogP contribution in [0.2, 0.25) is 0 Å². The molecule has 0 unspecified atom stereocenters. The summed E-state index contributed by atoms with van der Waals surface area (Å²) in [5.41, 5.74) is 15.3. The van der Waals surface area contributed by atoms with Gasteiger partial charge in [-0.2, -0.15) is 0 Å². The molecule has 0 aliphatic rings. The maximum atomic E-state index is 11.9. The van der Waals surface area contributed by atoms with E-state index in [1.807, 2.05) is 0 Å². The van der Waals surface area contributed by atoms with Crippen molar-refractivity contribution in [2.45, 2.75) is 0 Å². The van der Waals surface area contributed by atoms with E-state index in [9.17, 15) is 19.4 Å². The van der Waals surface area contributed by atoms with Crippen LogP contribution >= 0.6 is 0 Å². The van der Waals surface area contributed by atoms with Gasteiger partial charge in [0.2, 0.25) is 0 Å². The first-order valence-corrected chi connectivity index (χ1v) is 4.73. The van der Waals surface area contributed by atoms with Crippen molar-refractivity contribution in [2.24, 2.45) is 22.5 Å². The molecule has 130 valence electrons. The number of aromatic nitrogens is 2. The van der Waals surface area contributed by atoms with E-state index in [0.717, 1.165) is 0 Å². The Morgan fingerprint density at radius 1 is 1.41 bits per heavy atom. The molecule has 0 radical (unpaired) electrons. The second-order valence-corrected chi connectivity index (χ2v) is 2.44. The van der Waals surface area contributed by atoms with E-state index in [1.165, 1.54) is 10.8 Å². The molecule has 22 heavy (non-hydrogen) atoms. The third-order valence-electron chi connectivity index (χ3n) is 0.967. The van der Waals surface area contributed by atoms with Gasteiger partial charge in [0.25, 0.3) is 0 Å². The second kappa shape index (κ2) is 21.2. The zero-order chi connectivity index (χ0) is 17.3. The van der Waals surface area contributed by atoms with Gasteiger partial charge in [0.1, 0.15) is 0 Å². The van der Waals surface area contributed by atoms with Crippen molar-refractivity contribution < 1.29 is 50.9 Å². The average molecular weight is 506 g/mol. The zero-order valence-electron chi connectivity index (χ0n) is 10.8. The fourth-order valence-corrected chi connectivity index (χ4v) is 0.336. The maximum absolute atomic E-state index is 11.9. The minimum Gasteiger partial charge on any atom is -0.857 e. The summed E-state index contributed by atoms with van der Waals surface area (Å²) in [6, 6.07) is -1.90. The van der Waals surface area contributed by atoms with Crippen molar-refractivity contribution in [1.82, 2.24) is 15.4 Å². The number of carbonyl (C=O) groups excluding carboxylic acids is 1. The largest absolute Gasteiger partial charge is 2.00 e. The molecule has 1 heterocycles. The number of primary amides is 1. The normalized spacial score (nSPS) is 7.27. The first-order chi connectivity index (χ1) is 9.80. The van der Waals surface area contributed by atoms with E-state index in [4.69, 9.17) is 26.8 Å². The number of rotatable bonds is 1. The summed E-state index contributed by atoms with van der Waals surface area (Å²) in [7, 11) is 0. The number of amides is 2. The van der Waals surface area contributed by atoms with Crippen LogP contribution in [-0.4, -0.2) is 39.5 Å². The summed E-state index contributed by atoms with van der Waals surface area (Å²) in [5, 5.41) is 35.5. The first-order valence-electron chi connectivity index (χ1n) is 4.73. The van der Waals surface area contributed by atoms with E-state index in [0.29, 0.717) is 19.3 Å². The molecule has 1 aromatic rings. The number of nitrogens with two attached hydrogens (primary N) is 3. The first kappa shape index (κ1) is 28.1. The Balaban J connectivity index is -0.000000108. The molecule has 2 amide bonds. The molecule has 0 aliphatic heterocycles. The number of hydroxylamine groups is 1. The summed E-state index contributed by atoms with van der Waals surface area (Å²) in [6.07, 6.45) is 0.553. The SMILES string of the molecule is NC(=O)NO.NCCN.O=NO.[O-]c1ncc(F)c([O-])n1.[Pt+2]. The molecule has 0 saturated carbocycles. The fraction of sp³-hybridized carbons (Fsp3) is 0.286. The number of urea groups is 1. The van der Waals surface area contributed by atoms with Gasteiger partial charge in [-0.1, -0.05) is 0 Å². The monoisotopic (exact) mass is 506 g/mol. The van der Waals surface area contributed by atoms with Crippen LogP contribution in [0.25, 0.3) is 0 Å². The second-order valence-electron chi connectivity index (χ2n) is 2.44. The van der Waals surface area contributed by atoms with Gasteiger partial charge in [-0.05, 0) is 0 Å². The minimum absolute atomic E-state index is 0. The number of halogens is 1. The standard InChI is InChI=1S/C4H3FN2O2.C2H8N2.CH4N2O2.HNO2.Pt/c5-2-1-6-4(9)7-3(2)8;3-1-2-4;2-1(4)3-5;2-1-3;/h1H,(H2,6,7,8,9);1-4H2;5H,(H3,2,3,4);(H,2,3);/q;;;;+2/p-2. The Kier molecular flexibility index (Phi) is 27.0. The zero-order valence-corrected chi connectivity index (χ0v) is 13.1. The third-order valence-corrected chi connectivity index (χ3v) is 0.967. The van der Waals surface area contributed by atoms with Gasteiger partial charge in [0.15, 0.2) is 11.2 Å². The van der Waals surface area contributed by atoms with E-state index in [-0.39, 0.29) is 21.1 Å². The van der Waals surface area contributed by atoms with Crippen molar-refractivity contribution in [2.75, 3.05) is 13.1 Å². The van der Waals surface area contributed by atoms with Gasteiger partial charge in [-0.25, -0.2) is 19.6 Å². The van der Waals surface area contributed by atoms with Gasteiger partial charge >= 0.3 is 27.1 Å². The fourth-order valence-electron chi connectivity index (χ4n) is 0.336. The molecule has 0 aliphatic carbocycles. The predicted molar refractivity (Wildman–Crippen MR) is 61.1 cm³/mol. The Hall–Kier alpha value is -2.15. The summed E-state index contributed by atoms with van der Waals surface area (Å²) in [4.78, 5) is 22.9. The molecule has 15 heteroatoms. The van der Waals surface area contributed by atoms with E-state index in [1.54, 1.807) is 0 Å². The van der Waals surface area contributed by atoms with Crippen molar-refractivity contribution in [1.29, 1.82) is 0 Å². The number of nitrogens with one attached hydrogen (secondary N) is 1. The summed E-state index contributed by atoms with van der Waals surface area (Å²) < 4.78 is 11.9. The van der Waals surface area contributed by atoms with Gasteiger partial charge in [0.05, 0.1) is 12.2 Å². The van der Waals surface area contributed by atoms with Crippen LogP contribution in [0.15, 0.2) is 11.5 Å². The topological polar surface area (TPSA) is 249 Å². The van der Waals surface area contributed by atoms with Crippen molar-refractivity contribution in [3.63, 3.8) is 0 Å². The van der Waals surface area contributed by atoms with Crippen LogP contribution in [0.1, 0.15) is 0 Å². The molecule has 0 spiro atoms. The van der Waals surface area contributed by atoms with Crippen LogP contribution < -0.4 is 32.9 Å².